The molecule has 0 saturated heterocycles. The Balaban J connectivity index is 2.14. The van der Waals surface area contributed by atoms with Crippen molar-refractivity contribution in [2.75, 3.05) is 11.0 Å². The van der Waals surface area contributed by atoms with Gasteiger partial charge in [-0.15, -0.1) is 0 Å². The molecule has 0 unspecified atom stereocenters. The number of hydrogen-bond donors (Lipinski definition) is 1. The highest BCUT2D eigenvalue weighted by Crippen LogP contribution is 2.26. The van der Waals surface area contributed by atoms with Gasteiger partial charge in [-0.25, -0.2) is 16.8 Å². The molecule has 0 aliphatic rings. The zero-order chi connectivity index (χ0) is 17.4. The third-order valence-corrected chi connectivity index (χ3v) is 6.12. The maximum absolute atomic E-state index is 12.7. The van der Waals surface area contributed by atoms with Crippen LogP contribution in [0.15, 0.2) is 70.6 Å². The molecule has 1 aromatic heterocycles. The number of nitrogens with zero attached hydrogens (tertiary/aromatic N) is 1. The zero-order valence-corrected chi connectivity index (χ0v) is 14.3. The number of benzene rings is 2. The van der Waals surface area contributed by atoms with Crippen molar-refractivity contribution in [3.05, 3.63) is 60.8 Å². The molecule has 2 aromatic carbocycles. The molecule has 0 radical (unpaired) electrons. The molecule has 1 N–H and O–H groups in total. The quantitative estimate of drug-likeness (QED) is 0.769. The maximum atomic E-state index is 12.7. The first-order valence-electron chi connectivity index (χ1n) is 6.95. The smallest absolute Gasteiger partial charge is 0.263 e. The summed E-state index contributed by atoms with van der Waals surface area (Å²) in [6.07, 6.45) is 2.53. The van der Waals surface area contributed by atoms with Crippen molar-refractivity contribution in [1.29, 1.82) is 0 Å². The normalized spacial score (nSPS) is 12.2. The second-order valence-electron chi connectivity index (χ2n) is 5.21. The van der Waals surface area contributed by atoms with Crippen LogP contribution >= 0.6 is 0 Å². The van der Waals surface area contributed by atoms with E-state index in [1.165, 1.54) is 24.3 Å². The Morgan fingerprint density at radius 3 is 2.21 bits per heavy atom. The van der Waals surface area contributed by atoms with E-state index >= 15 is 0 Å². The van der Waals surface area contributed by atoms with Gasteiger partial charge in [0.25, 0.3) is 10.0 Å². The summed E-state index contributed by atoms with van der Waals surface area (Å²) < 4.78 is 51.6. The first-order valence-corrected chi connectivity index (χ1v) is 10.3. The van der Waals surface area contributed by atoms with E-state index in [0.717, 1.165) is 11.6 Å². The molecule has 0 fully saturated rings. The molecule has 8 heteroatoms. The number of pyridine rings is 1. The highest BCUT2D eigenvalue weighted by atomic mass is 32.2. The van der Waals surface area contributed by atoms with E-state index in [9.17, 15) is 16.8 Å². The van der Waals surface area contributed by atoms with Crippen LogP contribution < -0.4 is 4.72 Å². The van der Waals surface area contributed by atoms with Crippen LogP contribution in [0.5, 0.6) is 0 Å². The minimum absolute atomic E-state index is 0.245. The third-order valence-electron chi connectivity index (χ3n) is 3.42. The summed E-state index contributed by atoms with van der Waals surface area (Å²) in [5, 5.41) is 0.772. The maximum Gasteiger partial charge on any atom is 0.263 e. The molecule has 3 aromatic rings. The minimum Gasteiger partial charge on any atom is -0.277 e. The van der Waals surface area contributed by atoms with Crippen molar-refractivity contribution in [2.45, 2.75) is 9.79 Å². The summed E-state index contributed by atoms with van der Waals surface area (Å²) in [6.45, 7) is 0. The lowest BCUT2D eigenvalue weighted by Gasteiger charge is -2.12. The molecule has 6 nitrogen and oxygen atoms in total. The molecule has 3 rings (SSSR count). The highest BCUT2D eigenvalue weighted by molar-refractivity contribution is 7.95. The molecule has 0 bridgehead atoms. The third kappa shape index (κ3) is 3.10. The number of fused-ring (bicyclic) bond motifs is 1. The van der Waals surface area contributed by atoms with E-state index in [-0.39, 0.29) is 15.5 Å². The number of anilines is 1. The fraction of sp³-hybridized carbons (Fsp3) is 0.0625. The Morgan fingerprint density at radius 1 is 0.833 bits per heavy atom. The second-order valence-corrected chi connectivity index (χ2v) is 8.84. The van der Waals surface area contributed by atoms with E-state index in [1.54, 1.807) is 24.4 Å². The van der Waals surface area contributed by atoms with Crippen LogP contribution in [-0.4, -0.2) is 28.1 Å². The average molecular weight is 362 g/mol. The Kier molecular flexibility index (Phi) is 4.02. The highest BCUT2D eigenvalue weighted by Gasteiger charge is 2.24. The SMILES string of the molecule is CS(=O)(=O)c1ccccc1S(=O)(=O)Nc1cccc2cccnc12. The molecule has 0 aliphatic carbocycles. The predicted octanol–water partition coefficient (Wildman–Crippen LogP) is 2.44. The van der Waals surface area contributed by atoms with Gasteiger partial charge in [-0.1, -0.05) is 30.3 Å². The summed E-state index contributed by atoms with van der Waals surface area (Å²) in [6, 6.07) is 14.1. The summed E-state index contributed by atoms with van der Waals surface area (Å²) in [5.41, 5.74) is 0.775. The number of para-hydroxylation sites is 1. The fourth-order valence-electron chi connectivity index (χ4n) is 2.36. The number of sulfonamides is 1. The number of aromatic nitrogens is 1. The standard InChI is InChI=1S/C16H14N2O4S2/c1-23(19,20)14-9-2-3-10-15(14)24(21,22)18-13-8-4-6-12-7-5-11-17-16(12)13/h2-11,18H,1H3. The zero-order valence-electron chi connectivity index (χ0n) is 12.7. The molecule has 0 saturated carbocycles. The van der Waals surface area contributed by atoms with Crippen LogP contribution in [0.25, 0.3) is 10.9 Å². The Morgan fingerprint density at radius 2 is 1.50 bits per heavy atom. The van der Waals surface area contributed by atoms with Crippen molar-refractivity contribution in [2.24, 2.45) is 0 Å². The van der Waals surface area contributed by atoms with Crippen LogP contribution in [0.3, 0.4) is 0 Å². The molecule has 0 spiro atoms. The number of sulfone groups is 1. The van der Waals surface area contributed by atoms with Gasteiger partial charge in [-0.05, 0) is 24.3 Å². The van der Waals surface area contributed by atoms with Crippen LogP contribution in [0.1, 0.15) is 0 Å². The summed E-state index contributed by atoms with van der Waals surface area (Å²) in [7, 11) is -7.77. The van der Waals surface area contributed by atoms with Gasteiger partial charge in [0.15, 0.2) is 9.84 Å². The van der Waals surface area contributed by atoms with Crippen molar-refractivity contribution in [1.82, 2.24) is 4.98 Å². The van der Waals surface area contributed by atoms with Gasteiger partial charge in [0.1, 0.15) is 4.90 Å². The van der Waals surface area contributed by atoms with Gasteiger partial charge in [0.05, 0.1) is 16.1 Å². The van der Waals surface area contributed by atoms with E-state index < -0.39 is 19.9 Å². The summed E-state index contributed by atoms with van der Waals surface area (Å²) >= 11 is 0. The van der Waals surface area contributed by atoms with E-state index in [2.05, 4.69) is 9.71 Å². The largest absolute Gasteiger partial charge is 0.277 e. The molecule has 0 aliphatic heterocycles. The van der Waals surface area contributed by atoms with Crippen LogP contribution in [0.2, 0.25) is 0 Å². The Labute approximate surface area is 140 Å². The van der Waals surface area contributed by atoms with Crippen LogP contribution in [0, 0.1) is 0 Å². The van der Waals surface area contributed by atoms with Gasteiger partial charge >= 0.3 is 0 Å². The van der Waals surface area contributed by atoms with Gasteiger partial charge in [-0.3, -0.25) is 9.71 Å². The van der Waals surface area contributed by atoms with Crippen molar-refractivity contribution in [3.63, 3.8) is 0 Å². The summed E-state index contributed by atoms with van der Waals surface area (Å²) in [4.78, 5) is 3.65. The lowest BCUT2D eigenvalue weighted by molar-refractivity contribution is 0.588. The number of rotatable bonds is 4. The molecule has 24 heavy (non-hydrogen) atoms. The van der Waals surface area contributed by atoms with Gasteiger partial charge in [0, 0.05) is 17.8 Å². The molecule has 124 valence electrons. The molecular weight excluding hydrogens is 348 g/mol. The van der Waals surface area contributed by atoms with Crippen molar-refractivity contribution in [3.8, 4) is 0 Å². The van der Waals surface area contributed by atoms with Crippen LogP contribution in [0.4, 0.5) is 5.69 Å². The fourth-order valence-corrected chi connectivity index (χ4v) is 5.06. The molecular formula is C16H14N2O4S2. The first kappa shape index (κ1) is 16.4. The Hall–Kier alpha value is -2.45. The Bertz CT molecular complexity index is 1120. The second kappa shape index (κ2) is 5.88. The predicted molar refractivity (Wildman–Crippen MR) is 92.1 cm³/mol. The lowest BCUT2D eigenvalue weighted by Crippen LogP contribution is -2.16. The molecule has 0 amide bonds. The average Bonchev–Trinajstić information content (AvgIpc) is 2.54. The molecule has 1 heterocycles. The summed E-state index contributed by atoms with van der Waals surface area (Å²) in [5.74, 6) is 0. The van der Waals surface area contributed by atoms with E-state index in [1.807, 2.05) is 12.1 Å². The number of nitrogens with one attached hydrogen (secondary N) is 1. The van der Waals surface area contributed by atoms with Gasteiger partial charge < -0.3 is 0 Å². The van der Waals surface area contributed by atoms with Crippen molar-refractivity contribution < 1.29 is 16.8 Å². The van der Waals surface area contributed by atoms with Gasteiger partial charge in [0.2, 0.25) is 0 Å². The first-order chi connectivity index (χ1) is 11.3. The van der Waals surface area contributed by atoms with E-state index in [0.29, 0.717) is 5.52 Å². The molecule has 0 atom stereocenters. The monoisotopic (exact) mass is 362 g/mol. The topological polar surface area (TPSA) is 93.2 Å². The minimum atomic E-state index is -4.09. The van der Waals surface area contributed by atoms with Gasteiger partial charge in [-0.2, -0.15) is 0 Å². The lowest BCUT2D eigenvalue weighted by atomic mass is 10.2. The van der Waals surface area contributed by atoms with Crippen molar-refractivity contribution >= 4 is 36.5 Å². The van der Waals surface area contributed by atoms with Crippen LogP contribution in [-0.2, 0) is 19.9 Å². The number of hydrogen-bond acceptors (Lipinski definition) is 5. The van der Waals surface area contributed by atoms with E-state index in [4.69, 9.17) is 0 Å².